The highest BCUT2D eigenvalue weighted by Crippen LogP contribution is 2.27. The fourth-order valence-corrected chi connectivity index (χ4v) is 3.03. The summed E-state index contributed by atoms with van der Waals surface area (Å²) in [4.78, 5) is 10.4. The summed E-state index contributed by atoms with van der Waals surface area (Å²) in [6.45, 7) is 2.92. The smallest absolute Gasteiger partial charge is 0.288 e. The average molecular weight is 297 g/mol. The van der Waals surface area contributed by atoms with E-state index in [1.165, 1.54) is 32.1 Å². The lowest BCUT2D eigenvalue weighted by Crippen LogP contribution is -2.32. The molecule has 2 rings (SSSR count). The van der Waals surface area contributed by atoms with Gasteiger partial charge >= 0.3 is 0 Å². The van der Waals surface area contributed by atoms with Crippen LogP contribution >= 0.6 is 11.6 Å². The van der Waals surface area contributed by atoms with Gasteiger partial charge in [0, 0.05) is 18.7 Å². The molecule has 1 aliphatic carbocycles. The number of hydrogen-bond donors (Lipinski definition) is 1. The van der Waals surface area contributed by atoms with E-state index in [9.17, 15) is 10.1 Å². The molecule has 0 radical (unpaired) electrons. The number of rotatable bonds is 5. The SMILES string of the molecule is CCC1CCC(NCc2ccc(Cl)c([N+](=O)[O-])c2)CC1. The van der Waals surface area contributed by atoms with E-state index in [0.29, 0.717) is 12.6 Å². The van der Waals surface area contributed by atoms with E-state index in [4.69, 9.17) is 11.6 Å². The molecule has 0 aliphatic heterocycles. The second-order valence-corrected chi connectivity index (χ2v) is 5.96. The molecule has 110 valence electrons. The lowest BCUT2D eigenvalue weighted by molar-refractivity contribution is -0.384. The summed E-state index contributed by atoms with van der Waals surface area (Å²) in [6.07, 6.45) is 6.25. The molecule has 1 saturated carbocycles. The van der Waals surface area contributed by atoms with Crippen LogP contribution in [0.15, 0.2) is 18.2 Å². The summed E-state index contributed by atoms with van der Waals surface area (Å²) in [5.41, 5.74) is 0.902. The highest BCUT2D eigenvalue weighted by molar-refractivity contribution is 6.32. The first kappa shape index (κ1) is 15.3. The molecule has 0 aromatic heterocycles. The van der Waals surface area contributed by atoms with Gasteiger partial charge in [0.2, 0.25) is 0 Å². The van der Waals surface area contributed by atoms with Gasteiger partial charge in [0.25, 0.3) is 5.69 Å². The van der Waals surface area contributed by atoms with Crippen LogP contribution in [0.5, 0.6) is 0 Å². The molecule has 0 spiro atoms. The third-order valence-electron chi connectivity index (χ3n) is 4.23. The van der Waals surface area contributed by atoms with Crippen LogP contribution in [-0.4, -0.2) is 11.0 Å². The highest BCUT2D eigenvalue weighted by atomic mass is 35.5. The van der Waals surface area contributed by atoms with Crippen molar-refractivity contribution in [2.75, 3.05) is 0 Å². The molecular formula is C15H21ClN2O2. The summed E-state index contributed by atoms with van der Waals surface area (Å²) in [7, 11) is 0. The molecule has 0 heterocycles. The van der Waals surface area contributed by atoms with E-state index in [-0.39, 0.29) is 10.7 Å². The minimum Gasteiger partial charge on any atom is -0.310 e. The molecule has 1 aromatic rings. The van der Waals surface area contributed by atoms with Gasteiger partial charge < -0.3 is 5.32 Å². The van der Waals surface area contributed by atoms with Crippen molar-refractivity contribution < 1.29 is 4.92 Å². The first-order valence-corrected chi connectivity index (χ1v) is 7.64. The van der Waals surface area contributed by atoms with Gasteiger partial charge in [0.05, 0.1) is 4.92 Å². The van der Waals surface area contributed by atoms with Crippen LogP contribution in [0.4, 0.5) is 5.69 Å². The molecule has 0 unspecified atom stereocenters. The van der Waals surface area contributed by atoms with Crippen molar-refractivity contribution in [2.45, 2.75) is 51.6 Å². The van der Waals surface area contributed by atoms with Crippen molar-refractivity contribution in [3.8, 4) is 0 Å². The van der Waals surface area contributed by atoms with Crippen molar-refractivity contribution in [2.24, 2.45) is 5.92 Å². The van der Waals surface area contributed by atoms with E-state index in [1.807, 2.05) is 6.07 Å². The zero-order valence-corrected chi connectivity index (χ0v) is 12.5. The van der Waals surface area contributed by atoms with Crippen molar-refractivity contribution in [1.82, 2.24) is 5.32 Å². The molecule has 1 fully saturated rings. The van der Waals surface area contributed by atoms with E-state index >= 15 is 0 Å². The van der Waals surface area contributed by atoms with Gasteiger partial charge in [-0.15, -0.1) is 0 Å². The first-order chi connectivity index (χ1) is 9.60. The number of benzene rings is 1. The third kappa shape index (κ3) is 3.93. The summed E-state index contributed by atoms with van der Waals surface area (Å²) < 4.78 is 0. The fraction of sp³-hybridized carbons (Fsp3) is 0.600. The maximum atomic E-state index is 10.8. The van der Waals surface area contributed by atoms with Crippen molar-refractivity contribution in [3.63, 3.8) is 0 Å². The number of nitro groups is 1. The van der Waals surface area contributed by atoms with Crippen molar-refractivity contribution >= 4 is 17.3 Å². The van der Waals surface area contributed by atoms with Crippen LogP contribution in [0.1, 0.15) is 44.6 Å². The largest absolute Gasteiger partial charge is 0.310 e. The topological polar surface area (TPSA) is 55.2 Å². The molecule has 1 N–H and O–H groups in total. The predicted octanol–water partition coefficient (Wildman–Crippen LogP) is 4.31. The van der Waals surface area contributed by atoms with Gasteiger partial charge in [0.15, 0.2) is 0 Å². The van der Waals surface area contributed by atoms with Gasteiger partial charge in [-0.1, -0.05) is 31.0 Å². The number of nitro benzene ring substituents is 1. The molecule has 1 aliphatic rings. The van der Waals surface area contributed by atoms with Crippen LogP contribution < -0.4 is 5.32 Å². The van der Waals surface area contributed by atoms with Gasteiger partial charge in [-0.05, 0) is 43.2 Å². The van der Waals surface area contributed by atoms with Gasteiger partial charge in [0.1, 0.15) is 5.02 Å². The standard InChI is InChI=1S/C15H21ClN2O2/c1-2-11-3-6-13(7-4-11)17-10-12-5-8-14(16)15(9-12)18(19)20/h5,8-9,11,13,17H,2-4,6-7,10H2,1H3. The minimum absolute atomic E-state index is 0.0133. The van der Waals surface area contributed by atoms with Gasteiger partial charge in [-0.25, -0.2) is 0 Å². The Labute approximate surface area is 124 Å². The Bertz CT molecular complexity index is 471. The Hall–Kier alpha value is -1.13. The molecule has 1 aromatic carbocycles. The van der Waals surface area contributed by atoms with Gasteiger partial charge in [-0.2, -0.15) is 0 Å². The molecule has 0 amide bonds. The summed E-state index contributed by atoms with van der Waals surface area (Å²) in [5, 5.41) is 14.5. The molecule has 0 atom stereocenters. The summed E-state index contributed by atoms with van der Waals surface area (Å²) in [5.74, 6) is 0.879. The van der Waals surface area contributed by atoms with Gasteiger partial charge in [-0.3, -0.25) is 10.1 Å². The second-order valence-electron chi connectivity index (χ2n) is 5.55. The minimum atomic E-state index is -0.432. The Morgan fingerprint density at radius 1 is 1.35 bits per heavy atom. The fourth-order valence-electron chi connectivity index (χ4n) is 2.85. The number of nitrogens with zero attached hydrogens (tertiary/aromatic N) is 1. The normalized spacial score (nSPS) is 22.7. The average Bonchev–Trinajstić information content (AvgIpc) is 2.46. The van der Waals surface area contributed by atoms with E-state index < -0.39 is 4.92 Å². The Kier molecular flexibility index (Phi) is 5.38. The molecule has 0 bridgehead atoms. The maximum Gasteiger partial charge on any atom is 0.288 e. The summed E-state index contributed by atoms with van der Waals surface area (Å²) >= 11 is 5.81. The Balaban J connectivity index is 1.88. The van der Waals surface area contributed by atoms with Crippen LogP contribution in [0.25, 0.3) is 0 Å². The number of hydrogen-bond acceptors (Lipinski definition) is 3. The van der Waals surface area contributed by atoms with Crippen LogP contribution in [0.2, 0.25) is 5.02 Å². The lowest BCUT2D eigenvalue weighted by Gasteiger charge is -2.28. The Morgan fingerprint density at radius 3 is 2.65 bits per heavy atom. The predicted molar refractivity (Wildman–Crippen MR) is 81.0 cm³/mol. The molecule has 4 nitrogen and oxygen atoms in total. The molecular weight excluding hydrogens is 276 g/mol. The Morgan fingerprint density at radius 2 is 2.05 bits per heavy atom. The van der Waals surface area contributed by atoms with Crippen molar-refractivity contribution in [3.05, 3.63) is 38.9 Å². The number of nitrogens with one attached hydrogen (secondary N) is 1. The first-order valence-electron chi connectivity index (χ1n) is 7.26. The molecule has 5 heteroatoms. The van der Waals surface area contributed by atoms with E-state index in [1.54, 1.807) is 12.1 Å². The molecule has 0 saturated heterocycles. The quantitative estimate of drug-likeness (QED) is 0.651. The van der Waals surface area contributed by atoms with Crippen LogP contribution in [0, 0.1) is 16.0 Å². The molecule has 20 heavy (non-hydrogen) atoms. The maximum absolute atomic E-state index is 10.8. The zero-order chi connectivity index (χ0) is 14.5. The van der Waals surface area contributed by atoms with E-state index in [0.717, 1.165) is 11.5 Å². The monoisotopic (exact) mass is 296 g/mol. The summed E-state index contributed by atoms with van der Waals surface area (Å²) in [6, 6.07) is 5.55. The van der Waals surface area contributed by atoms with Crippen LogP contribution in [-0.2, 0) is 6.54 Å². The second kappa shape index (κ2) is 7.04. The van der Waals surface area contributed by atoms with E-state index in [2.05, 4.69) is 12.2 Å². The lowest BCUT2D eigenvalue weighted by atomic mass is 9.84. The highest BCUT2D eigenvalue weighted by Gasteiger charge is 2.19. The number of halogens is 1. The van der Waals surface area contributed by atoms with Crippen LogP contribution in [0.3, 0.4) is 0 Å². The third-order valence-corrected chi connectivity index (χ3v) is 4.55. The zero-order valence-electron chi connectivity index (χ0n) is 11.8. The van der Waals surface area contributed by atoms with Crippen molar-refractivity contribution in [1.29, 1.82) is 0 Å².